The number of aromatic carboxylic acids is 1. The Morgan fingerprint density at radius 2 is 2.00 bits per heavy atom. The van der Waals surface area contributed by atoms with E-state index in [4.69, 9.17) is 16.7 Å². The summed E-state index contributed by atoms with van der Waals surface area (Å²) in [7, 11) is -3.94. The van der Waals surface area contributed by atoms with E-state index < -0.39 is 16.0 Å². The number of carboxylic acid groups (broad SMARTS) is 1. The zero-order valence-corrected chi connectivity index (χ0v) is 13.4. The van der Waals surface area contributed by atoms with Gasteiger partial charge in [0.05, 0.1) is 15.5 Å². The number of carbonyl (C=O) groups is 1. The second-order valence-corrected chi connectivity index (χ2v) is 6.89. The van der Waals surface area contributed by atoms with Gasteiger partial charge in [-0.15, -0.1) is 0 Å². The lowest BCUT2D eigenvalue weighted by Crippen LogP contribution is -2.14. The Morgan fingerprint density at radius 1 is 1.29 bits per heavy atom. The topological polar surface area (TPSA) is 96.4 Å². The van der Waals surface area contributed by atoms with E-state index in [1.165, 1.54) is 30.5 Å². The minimum atomic E-state index is -3.94. The summed E-state index contributed by atoms with van der Waals surface area (Å²) in [6, 6.07) is 6.58. The number of anilines is 1. The molecule has 0 fully saturated rings. The molecule has 0 spiro atoms. The van der Waals surface area contributed by atoms with E-state index in [1.807, 2.05) is 0 Å². The van der Waals surface area contributed by atoms with Crippen molar-refractivity contribution in [1.29, 1.82) is 0 Å². The summed E-state index contributed by atoms with van der Waals surface area (Å²) in [5, 5.41) is 9.37. The normalized spacial score (nSPS) is 11.1. The smallest absolute Gasteiger partial charge is 0.336 e. The summed E-state index contributed by atoms with van der Waals surface area (Å²) in [4.78, 5) is 14.7. The van der Waals surface area contributed by atoms with Gasteiger partial charge in [-0.3, -0.25) is 4.72 Å². The number of sulfonamides is 1. The van der Waals surface area contributed by atoms with Crippen LogP contribution in [0.3, 0.4) is 0 Å². The van der Waals surface area contributed by atoms with Crippen molar-refractivity contribution in [3.8, 4) is 0 Å². The fourth-order valence-electron chi connectivity index (χ4n) is 1.47. The predicted octanol–water partition coefficient (Wildman–Crippen LogP) is 3.00. The Labute approximate surface area is 134 Å². The Balaban J connectivity index is 2.38. The van der Waals surface area contributed by atoms with Crippen LogP contribution in [-0.4, -0.2) is 24.5 Å². The van der Waals surface area contributed by atoms with Crippen LogP contribution in [0.15, 0.2) is 45.9 Å². The Hall–Kier alpha value is -1.64. The molecule has 0 aliphatic heterocycles. The second kappa shape index (κ2) is 6.00. The van der Waals surface area contributed by atoms with Crippen LogP contribution in [0.2, 0.25) is 5.02 Å². The lowest BCUT2D eigenvalue weighted by atomic mass is 10.2. The van der Waals surface area contributed by atoms with Gasteiger partial charge in [-0.1, -0.05) is 11.6 Å². The quantitative estimate of drug-likeness (QED) is 0.835. The van der Waals surface area contributed by atoms with E-state index >= 15 is 0 Å². The van der Waals surface area contributed by atoms with Crippen LogP contribution in [-0.2, 0) is 10.0 Å². The van der Waals surface area contributed by atoms with Crippen molar-refractivity contribution in [3.63, 3.8) is 0 Å². The van der Waals surface area contributed by atoms with Crippen LogP contribution < -0.4 is 4.72 Å². The number of benzene rings is 1. The SMILES string of the molecule is O=C(O)c1cc(S(=O)(=O)Nc2ccc(Cl)cn2)ccc1Br. The molecule has 0 saturated heterocycles. The highest BCUT2D eigenvalue weighted by Gasteiger charge is 2.18. The molecule has 0 radical (unpaired) electrons. The van der Waals surface area contributed by atoms with E-state index in [-0.39, 0.29) is 16.3 Å². The second-order valence-electron chi connectivity index (χ2n) is 3.91. The summed E-state index contributed by atoms with van der Waals surface area (Å²) >= 11 is 8.71. The average molecular weight is 392 g/mol. The third kappa shape index (κ3) is 3.72. The molecule has 1 aromatic heterocycles. The van der Waals surface area contributed by atoms with Crippen molar-refractivity contribution < 1.29 is 18.3 Å². The molecule has 0 aliphatic rings. The highest BCUT2D eigenvalue weighted by Crippen LogP contribution is 2.22. The Kier molecular flexibility index (Phi) is 4.50. The van der Waals surface area contributed by atoms with Crippen molar-refractivity contribution >= 4 is 49.3 Å². The molecule has 2 N–H and O–H groups in total. The number of nitrogens with one attached hydrogen (secondary N) is 1. The molecule has 0 unspecified atom stereocenters. The molecule has 6 nitrogen and oxygen atoms in total. The number of pyridine rings is 1. The molecular weight excluding hydrogens is 384 g/mol. The van der Waals surface area contributed by atoms with Crippen molar-refractivity contribution in [1.82, 2.24) is 4.98 Å². The maximum absolute atomic E-state index is 12.2. The van der Waals surface area contributed by atoms with Crippen molar-refractivity contribution in [2.24, 2.45) is 0 Å². The molecule has 1 heterocycles. The first-order valence-corrected chi connectivity index (χ1v) is 8.12. The third-order valence-electron chi connectivity index (χ3n) is 2.44. The number of aromatic nitrogens is 1. The lowest BCUT2D eigenvalue weighted by molar-refractivity contribution is 0.0695. The maximum atomic E-state index is 12.2. The van der Waals surface area contributed by atoms with Crippen LogP contribution in [0, 0.1) is 0 Å². The fraction of sp³-hybridized carbons (Fsp3) is 0. The molecule has 21 heavy (non-hydrogen) atoms. The van der Waals surface area contributed by atoms with E-state index in [1.54, 1.807) is 0 Å². The molecule has 0 amide bonds. The van der Waals surface area contributed by atoms with Gasteiger partial charge in [0.1, 0.15) is 5.82 Å². The first-order valence-electron chi connectivity index (χ1n) is 5.47. The molecule has 0 aliphatic carbocycles. The van der Waals surface area contributed by atoms with Crippen molar-refractivity contribution in [3.05, 3.63) is 51.6 Å². The van der Waals surface area contributed by atoms with Crippen LogP contribution in [0.1, 0.15) is 10.4 Å². The van der Waals surface area contributed by atoms with Gasteiger partial charge in [-0.05, 0) is 46.3 Å². The van der Waals surface area contributed by atoms with Gasteiger partial charge < -0.3 is 5.11 Å². The van der Waals surface area contributed by atoms with Gasteiger partial charge in [0, 0.05) is 10.7 Å². The van der Waals surface area contributed by atoms with Gasteiger partial charge in [0.15, 0.2) is 0 Å². The van der Waals surface area contributed by atoms with E-state index in [0.717, 1.165) is 6.07 Å². The lowest BCUT2D eigenvalue weighted by Gasteiger charge is -2.08. The highest BCUT2D eigenvalue weighted by molar-refractivity contribution is 9.10. The van der Waals surface area contributed by atoms with Crippen molar-refractivity contribution in [2.45, 2.75) is 4.90 Å². The zero-order valence-electron chi connectivity index (χ0n) is 10.2. The number of rotatable bonds is 4. The van der Waals surface area contributed by atoms with Gasteiger partial charge >= 0.3 is 5.97 Å². The molecule has 110 valence electrons. The molecular formula is C12H8BrClN2O4S. The van der Waals surface area contributed by atoms with Crippen LogP contribution >= 0.6 is 27.5 Å². The first-order chi connectivity index (χ1) is 9.79. The van der Waals surface area contributed by atoms with Gasteiger partial charge in [-0.25, -0.2) is 18.2 Å². The average Bonchev–Trinajstić information content (AvgIpc) is 2.41. The number of hydrogen-bond donors (Lipinski definition) is 2. The minimum Gasteiger partial charge on any atom is -0.478 e. The standard InChI is InChI=1S/C12H8BrClN2O4S/c13-10-3-2-8(5-9(10)12(17)18)21(19,20)16-11-4-1-7(14)6-15-11/h1-6H,(H,15,16)(H,17,18). The zero-order chi connectivity index (χ0) is 15.6. The Bertz CT molecular complexity index is 793. The highest BCUT2D eigenvalue weighted by atomic mass is 79.9. The van der Waals surface area contributed by atoms with Gasteiger partial charge in [0.2, 0.25) is 0 Å². The molecule has 1 aromatic carbocycles. The van der Waals surface area contributed by atoms with Crippen LogP contribution in [0.4, 0.5) is 5.82 Å². The number of halogens is 2. The molecule has 0 bridgehead atoms. The van der Waals surface area contributed by atoms with E-state index in [0.29, 0.717) is 9.50 Å². The Morgan fingerprint density at radius 3 is 2.57 bits per heavy atom. The first kappa shape index (κ1) is 15.7. The minimum absolute atomic E-state index is 0.0826. The largest absolute Gasteiger partial charge is 0.478 e. The molecule has 0 saturated carbocycles. The van der Waals surface area contributed by atoms with Crippen LogP contribution in [0.25, 0.3) is 0 Å². The fourth-order valence-corrected chi connectivity index (χ4v) is 3.03. The molecule has 2 aromatic rings. The van der Waals surface area contributed by atoms with Gasteiger partial charge in [-0.2, -0.15) is 0 Å². The number of carboxylic acids is 1. The van der Waals surface area contributed by atoms with E-state index in [9.17, 15) is 13.2 Å². The molecule has 0 atom stereocenters. The summed E-state index contributed by atoms with van der Waals surface area (Å²) in [6.07, 6.45) is 1.30. The summed E-state index contributed by atoms with van der Waals surface area (Å²) in [5.74, 6) is -1.15. The molecule has 9 heteroatoms. The number of hydrogen-bond acceptors (Lipinski definition) is 4. The maximum Gasteiger partial charge on any atom is 0.336 e. The van der Waals surface area contributed by atoms with Crippen LogP contribution in [0.5, 0.6) is 0 Å². The predicted molar refractivity (Wildman–Crippen MR) is 81.2 cm³/mol. The number of nitrogens with zero attached hydrogens (tertiary/aromatic N) is 1. The summed E-state index contributed by atoms with van der Waals surface area (Å²) in [6.45, 7) is 0. The third-order valence-corrected chi connectivity index (χ3v) is 4.71. The monoisotopic (exact) mass is 390 g/mol. The van der Waals surface area contributed by atoms with Gasteiger partial charge in [0.25, 0.3) is 10.0 Å². The van der Waals surface area contributed by atoms with Crippen molar-refractivity contribution in [2.75, 3.05) is 4.72 Å². The molecule has 2 rings (SSSR count). The summed E-state index contributed by atoms with van der Waals surface area (Å²) in [5.41, 5.74) is -0.151. The van der Waals surface area contributed by atoms with E-state index in [2.05, 4.69) is 25.6 Å². The summed E-state index contributed by atoms with van der Waals surface area (Å²) < 4.78 is 26.9.